The van der Waals surface area contributed by atoms with E-state index >= 15 is 0 Å². The Bertz CT molecular complexity index is 989. The Morgan fingerprint density at radius 1 is 1.39 bits per heavy atom. The number of hydrogen-bond donors (Lipinski definition) is 1. The molecule has 1 atom stereocenters. The number of anilines is 1. The van der Waals surface area contributed by atoms with E-state index in [1.54, 1.807) is 23.6 Å². The van der Waals surface area contributed by atoms with E-state index in [9.17, 15) is 9.18 Å². The van der Waals surface area contributed by atoms with Gasteiger partial charge in [-0.05, 0) is 43.5 Å². The van der Waals surface area contributed by atoms with Crippen LogP contribution in [0.4, 0.5) is 10.1 Å². The van der Waals surface area contributed by atoms with Crippen molar-refractivity contribution in [2.24, 2.45) is 5.92 Å². The smallest absolute Gasteiger partial charge is 0.225 e. The average molecular weight is 399 g/mol. The molecule has 1 aliphatic heterocycles. The first-order chi connectivity index (χ1) is 13.6. The molecule has 1 unspecified atom stereocenters. The lowest BCUT2D eigenvalue weighted by atomic mass is 9.96. The number of fused-ring (bicyclic) bond motifs is 1. The molecule has 7 heteroatoms. The zero-order valence-corrected chi connectivity index (χ0v) is 16.6. The number of piperidine rings is 1. The van der Waals surface area contributed by atoms with Gasteiger partial charge in [-0.25, -0.2) is 9.37 Å². The van der Waals surface area contributed by atoms with E-state index in [1.165, 1.54) is 12.1 Å². The number of nitrogens with one attached hydrogen (secondary N) is 1. The van der Waals surface area contributed by atoms with E-state index in [0.29, 0.717) is 13.1 Å². The lowest BCUT2D eigenvalue weighted by Gasteiger charge is -2.34. The molecule has 0 aliphatic carbocycles. The Kier molecular flexibility index (Phi) is 5.52. The van der Waals surface area contributed by atoms with Crippen molar-refractivity contribution in [1.82, 2.24) is 15.3 Å². The summed E-state index contributed by atoms with van der Waals surface area (Å²) < 4.78 is 13.8. The van der Waals surface area contributed by atoms with Crippen LogP contribution < -0.4 is 10.2 Å². The molecule has 1 aromatic carbocycles. The van der Waals surface area contributed by atoms with Crippen molar-refractivity contribution < 1.29 is 9.18 Å². The van der Waals surface area contributed by atoms with Crippen LogP contribution in [-0.2, 0) is 17.8 Å². The van der Waals surface area contributed by atoms with Gasteiger partial charge >= 0.3 is 0 Å². The second-order valence-electron chi connectivity index (χ2n) is 7.08. The summed E-state index contributed by atoms with van der Waals surface area (Å²) in [6.07, 6.45) is 4.44. The van der Waals surface area contributed by atoms with E-state index < -0.39 is 0 Å². The lowest BCUT2D eigenvalue weighted by Crippen LogP contribution is -2.43. The van der Waals surface area contributed by atoms with Gasteiger partial charge in [0.1, 0.15) is 5.82 Å². The number of benzene rings is 1. The number of aromatic nitrogens is 2. The van der Waals surface area contributed by atoms with Crippen LogP contribution in [0.3, 0.4) is 0 Å². The predicted molar refractivity (Wildman–Crippen MR) is 110 cm³/mol. The van der Waals surface area contributed by atoms with Gasteiger partial charge in [-0.15, -0.1) is 11.3 Å². The first kappa shape index (κ1) is 18.8. The van der Waals surface area contributed by atoms with Gasteiger partial charge in [0.25, 0.3) is 0 Å². The van der Waals surface area contributed by atoms with Crippen molar-refractivity contribution in [3.8, 4) is 0 Å². The maximum atomic E-state index is 13.8. The number of amides is 1. The van der Waals surface area contributed by atoms with E-state index in [2.05, 4.69) is 27.1 Å². The largest absolute Gasteiger partial charge is 0.370 e. The summed E-state index contributed by atoms with van der Waals surface area (Å²) in [6.45, 7) is 4.02. The average Bonchev–Trinajstić information content (AvgIpc) is 3.20. The molecule has 1 saturated heterocycles. The second-order valence-corrected chi connectivity index (χ2v) is 8.02. The molecule has 146 valence electrons. The Morgan fingerprint density at radius 2 is 2.29 bits per heavy atom. The summed E-state index contributed by atoms with van der Waals surface area (Å²) in [4.78, 5) is 23.7. The van der Waals surface area contributed by atoms with Gasteiger partial charge in [0.05, 0.1) is 28.7 Å². The van der Waals surface area contributed by atoms with Gasteiger partial charge in [0.2, 0.25) is 5.91 Å². The number of hydrogen-bond acceptors (Lipinski definition) is 5. The molecule has 1 fully saturated rings. The van der Waals surface area contributed by atoms with Gasteiger partial charge < -0.3 is 10.2 Å². The number of pyridine rings is 1. The lowest BCUT2D eigenvalue weighted by molar-refractivity contribution is -0.125. The standard InChI is InChI=1S/C21H23FN4OS/c1-2-20-25-16(13-28-20)11-24-21(27)14-4-3-9-26(12-14)19-7-8-23-18-6-5-15(22)10-17(18)19/h5-8,10,13-14H,2-4,9,11-12H2,1H3,(H,24,27). The molecule has 1 aliphatic rings. The monoisotopic (exact) mass is 398 g/mol. The first-order valence-electron chi connectivity index (χ1n) is 9.64. The highest BCUT2D eigenvalue weighted by molar-refractivity contribution is 7.09. The van der Waals surface area contributed by atoms with E-state index in [-0.39, 0.29) is 17.6 Å². The highest BCUT2D eigenvalue weighted by Gasteiger charge is 2.27. The normalized spacial score (nSPS) is 17.1. The molecule has 5 nitrogen and oxygen atoms in total. The van der Waals surface area contributed by atoms with Crippen molar-refractivity contribution in [1.29, 1.82) is 0 Å². The molecule has 0 spiro atoms. The molecule has 1 N–H and O–H groups in total. The van der Waals surface area contributed by atoms with Crippen LogP contribution in [0.25, 0.3) is 10.9 Å². The number of carbonyl (C=O) groups is 1. The molecule has 2 aromatic heterocycles. The van der Waals surface area contributed by atoms with Gasteiger partial charge in [-0.2, -0.15) is 0 Å². The van der Waals surface area contributed by atoms with Gasteiger partial charge in [0, 0.05) is 35.7 Å². The van der Waals surface area contributed by atoms with Crippen LogP contribution in [0.2, 0.25) is 0 Å². The maximum Gasteiger partial charge on any atom is 0.225 e. The molecule has 3 aromatic rings. The van der Waals surface area contributed by atoms with Crippen molar-refractivity contribution >= 4 is 33.8 Å². The van der Waals surface area contributed by atoms with Crippen molar-refractivity contribution in [3.63, 3.8) is 0 Å². The van der Waals surface area contributed by atoms with Crippen molar-refractivity contribution in [3.05, 3.63) is 52.4 Å². The molecule has 4 rings (SSSR count). The number of carbonyl (C=O) groups excluding carboxylic acids is 1. The van der Waals surface area contributed by atoms with E-state index in [0.717, 1.165) is 53.1 Å². The summed E-state index contributed by atoms with van der Waals surface area (Å²) in [7, 11) is 0. The van der Waals surface area contributed by atoms with Crippen LogP contribution in [0, 0.1) is 11.7 Å². The Balaban J connectivity index is 1.45. The minimum atomic E-state index is -0.275. The second kappa shape index (κ2) is 8.22. The summed E-state index contributed by atoms with van der Waals surface area (Å²) in [5, 5.41) is 6.91. The van der Waals surface area contributed by atoms with Gasteiger partial charge in [0.15, 0.2) is 0 Å². The fourth-order valence-electron chi connectivity index (χ4n) is 3.70. The summed E-state index contributed by atoms with van der Waals surface area (Å²) in [5.41, 5.74) is 2.62. The zero-order valence-electron chi connectivity index (χ0n) is 15.8. The van der Waals surface area contributed by atoms with Crippen LogP contribution in [0.5, 0.6) is 0 Å². The number of nitrogens with zero attached hydrogens (tertiary/aromatic N) is 3. The fraction of sp³-hybridized carbons (Fsp3) is 0.381. The SMILES string of the molecule is CCc1nc(CNC(=O)C2CCCN(c3ccnc4ccc(F)cc34)C2)cs1. The van der Waals surface area contributed by atoms with Crippen molar-refractivity contribution in [2.75, 3.05) is 18.0 Å². The highest BCUT2D eigenvalue weighted by atomic mass is 32.1. The number of halogens is 1. The Hall–Kier alpha value is -2.54. The molecule has 3 heterocycles. The number of thiazole rings is 1. The Labute approximate surface area is 167 Å². The third-order valence-corrected chi connectivity index (χ3v) is 6.20. The third kappa shape index (κ3) is 3.99. The van der Waals surface area contributed by atoms with Gasteiger partial charge in [-0.1, -0.05) is 6.92 Å². The summed E-state index contributed by atoms with van der Waals surface area (Å²) in [5.74, 6) is -0.308. The first-order valence-corrected chi connectivity index (χ1v) is 10.5. The minimum Gasteiger partial charge on any atom is -0.370 e. The number of rotatable bonds is 5. The molecule has 1 amide bonds. The molecule has 0 radical (unpaired) electrons. The topological polar surface area (TPSA) is 58.1 Å². The fourth-order valence-corrected chi connectivity index (χ4v) is 4.45. The van der Waals surface area contributed by atoms with Crippen LogP contribution >= 0.6 is 11.3 Å². The van der Waals surface area contributed by atoms with Crippen LogP contribution in [0.15, 0.2) is 35.8 Å². The molecular weight excluding hydrogens is 375 g/mol. The maximum absolute atomic E-state index is 13.8. The molecule has 0 saturated carbocycles. The quantitative estimate of drug-likeness (QED) is 0.708. The van der Waals surface area contributed by atoms with E-state index in [1.807, 2.05) is 11.4 Å². The van der Waals surface area contributed by atoms with Gasteiger partial charge in [-0.3, -0.25) is 9.78 Å². The summed E-state index contributed by atoms with van der Waals surface area (Å²) >= 11 is 1.63. The molecule has 28 heavy (non-hydrogen) atoms. The number of aryl methyl sites for hydroxylation is 1. The van der Waals surface area contributed by atoms with Crippen LogP contribution in [0.1, 0.15) is 30.5 Å². The van der Waals surface area contributed by atoms with E-state index in [4.69, 9.17) is 0 Å². The predicted octanol–water partition coefficient (Wildman–Crippen LogP) is 3.93. The molecular formula is C21H23FN4OS. The minimum absolute atomic E-state index is 0.0558. The molecule has 0 bridgehead atoms. The van der Waals surface area contributed by atoms with Crippen LogP contribution in [-0.4, -0.2) is 29.0 Å². The zero-order chi connectivity index (χ0) is 19.5. The Morgan fingerprint density at radius 3 is 3.11 bits per heavy atom. The third-order valence-electron chi connectivity index (χ3n) is 5.16. The highest BCUT2D eigenvalue weighted by Crippen LogP contribution is 2.30. The van der Waals surface area contributed by atoms with Crippen molar-refractivity contribution in [2.45, 2.75) is 32.7 Å². The summed E-state index contributed by atoms with van der Waals surface area (Å²) in [6, 6.07) is 6.55.